The van der Waals surface area contributed by atoms with Crippen molar-refractivity contribution in [3.05, 3.63) is 41.5 Å². The van der Waals surface area contributed by atoms with Gasteiger partial charge in [0.1, 0.15) is 5.75 Å². The van der Waals surface area contributed by atoms with Gasteiger partial charge in [0.15, 0.2) is 0 Å². The van der Waals surface area contributed by atoms with Crippen LogP contribution in [0.1, 0.15) is 35.9 Å². The molecule has 1 aromatic carbocycles. The monoisotopic (exact) mass is 236 g/mol. The average Bonchev–Trinajstić information content (AvgIpc) is 2.25. The number of aromatic hydroxyl groups is 1. The predicted octanol–water partition coefficient (Wildman–Crippen LogP) is 2.74. The van der Waals surface area contributed by atoms with Crippen molar-refractivity contribution >= 4 is 5.97 Å². The highest BCUT2D eigenvalue weighted by molar-refractivity contribution is 5.89. The largest absolute Gasteiger partial charge is 0.508 e. The lowest BCUT2D eigenvalue weighted by atomic mass is 10.0. The Morgan fingerprint density at radius 2 is 2.18 bits per heavy atom. The molecule has 4 heteroatoms. The fraction of sp³-hybridized carbons (Fsp3) is 0.308. The van der Waals surface area contributed by atoms with Crippen LogP contribution in [0.3, 0.4) is 0 Å². The van der Waals surface area contributed by atoms with Crippen LogP contribution in [0.4, 0.5) is 0 Å². The van der Waals surface area contributed by atoms with E-state index < -0.39 is 12.1 Å². The van der Waals surface area contributed by atoms with Crippen LogP contribution in [0.15, 0.2) is 30.4 Å². The molecule has 1 aromatic rings. The Morgan fingerprint density at radius 1 is 1.53 bits per heavy atom. The van der Waals surface area contributed by atoms with E-state index in [9.17, 15) is 9.90 Å². The van der Waals surface area contributed by atoms with Gasteiger partial charge in [0.25, 0.3) is 0 Å². The minimum atomic E-state index is -1.04. The Morgan fingerprint density at radius 3 is 2.71 bits per heavy atom. The molecule has 0 amide bonds. The first-order valence-corrected chi connectivity index (χ1v) is 5.24. The summed E-state index contributed by atoms with van der Waals surface area (Å²) in [6.07, 6.45) is -0.412. The van der Waals surface area contributed by atoms with E-state index in [0.29, 0.717) is 12.2 Å². The minimum absolute atomic E-state index is 0.0239. The van der Waals surface area contributed by atoms with E-state index in [1.54, 1.807) is 6.92 Å². The zero-order chi connectivity index (χ0) is 13.0. The van der Waals surface area contributed by atoms with Gasteiger partial charge in [-0.1, -0.05) is 12.2 Å². The number of rotatable bonds is 5. The number of aromatic carboxylic acids is 1. The van der Waals surface area contributed by atoms with Crippen LogP contribution in [0.25, 0.3) is 0 Å². The van der Waals surface area contributed by atoms with E-state index in [-0.39, 0.29) is 11.3 Å². The van der Waals surface area contributed by atoms with Gasteiger partial charge in [-0.2, -0.15) is 0 Å². The van der Waals surface area contributed by atoms with Crippen LogP contribution in [-0.2, 0) is 4.74 Å². The van der Waals surface area contributed by atoms with E-state index in [4.69, 9.17) is 9.84 Å². The molecule has 0 aliphatic heterocycles. The lowest BCUT2D eigenvalue weighted by Gasteiger charge is -2.16. The molecule has 2 N–H and O–H groups in total. The molecular formula is C13H16O4. The van der Waals surface area contributed by atoms with Gasteiger partial charge in [-0.15, -0.1) is 0 Å². The Labute approximate surface area is 100 Å². The maximum Gasteiger partial charge on any atom is 0.336 e. The summed E-state index contributed by atoms with van der Waals surface area (Å²) in [5.74, 6) is -1.01. The van der Waals surface area contributed by atoms with Crippen molar-refractivity contribution in [2.24, 2.45) is 0 Å². The fourth-order valence-corrected chi connectivity index (χ4v) is 1.44. The first kappa shape index (κ1) is 13.3. The predicted molar refractivity (Wildman–Crippen MR) is 64.2 cm³/mol. The highest BCUT2D eigenvalue weighted by Crippen LogP contribution is 2.25. The van der Waals surface area contributed by atoms with Crippen LogP contribution >= 0.6 is 0 Å². The summed E-state index contributed by atoms with van der Waals surface area (Å²) in [4.78, 5) is 11.0. The molecular weight excluding hydrogens is 220 g/mol. The molecule has 92 valence electrons. The molecule has 1 rings (SSSR count). The van der Waals surface area contributed by atoms with Crippen molar-refractivity contribution < 1.29 is 19.7 Å². The zero-order valence-electron chi connectivity index (χ0n) is 9.93. The number of phenolic OH excluding ortho intramolecular Hbond substituents is 1. The van der Waals surface area contributed by atoms with Crippen molar-refractivity contribution in [2.45, 2.75) is 20.0 Å². The van der Waals surface area contributed by atoms with Crippen LogP contribution in [-0.4, -0.2) is 22.8 Å². The third-order valence-corrected chi connectivity index (χ3v) is 2.28. The number of ether oxygens (including phenoxy) is 1. The lowest BCUT2D eigenvalue weighted by molar-refractivity contribution is 0.0660. The number of carbonyl (C=O) groups is 1. The first-order valence-electron chi connectivity index (χ1n) is 5.24. The minimum Gasteiger partial charge on any atom is -0.508 e. The van der Waals surface area contributed by atoms with Crippen LogP contribution < -0.4 is 0 Å². The highest BCUT2D eigenvalue weighted by atomic mass is 16.5. The molecule has 0 fully saturated rings. The highest BCUT2D eigenvalue weighted by Gasteiger charge is 2.16. The Hall–Kier alpha value is -1.81. The smallest absolute Gasteiger partial charge is 0.336 e. The normalized spacial score (nSPS) is 12.1. The van der Waals surface area contributed by atoms with Gasteiger partial charge in [0, 0.05) is 0 Å². The number of carboxylic acids is 1. The molecule has 0 heterocycles. The average molecular weight is 236 g/mol. The van der Waals surface area contributed by atoms with Crippen LogP contribution in [0.2, 0.25) is 0 Å². The Kier molecular flexibility index (Phi) is 4.29. The molecule has 0 saturated carbocycles. The molecule has 0 bridgehead atoms. The van der Waals surface area contributed by atoms with Gasteiger partial charge in [-0.25, -0.2) is 4.79 Å². The van der Waals surface area contributed by atoms with Crippen LogP contribution in [0.5, 0.6) is 5.75 Å². The summed E-state index contributed by atoms with van der Waals surface area (Å²) in [6.45, 7) is 7.63. The molecule has 0 spiro atoms. The number of hydrogen-bond acceptors (Lipinski definition) is 3. The summed E-state index contributed by atoms with van der Waals surface area (Å²) < 4.78 is 5.46. The van der Waals surface area contributed by atoms with Gasteiger partial charge >= 0.3 is 5.97 Å². The van der Waals surface area contributed by atoms with Gasteiger partial charge in [-0.3, -0.25) is 0 Å². The molecule has 0 aromatic heterocycles. The molecule has 17 heavy (non-hydrogen) atoms. The van der Waals surface area contributed by atoms with Gasteiger partial charge < -0.3 is 14.9 Å². The third kappa shape index (κ3) is 3.60. The van der Waals surface area contributed by atoms with Gasteiger partial charge in [0.05, 0.1) is 18.3 Å². The molecule has 1 unspecified atom stereocenters. The number of hydrogen-bond donors (Lipinski definition) is 2. The topological polar surface area (TPSA) is 66.8 Å². The first-order chi connectivity index (χ1) is 7.91. The summed E-state index contributed by atoms with van der Waals surface area (Å²) >= 11 is 0. The lowest BCUT2D eigenvalue weighted by Crippen LogP contribution is -2.09. The molecule has 0 radical (unpaired) electrons. The third-order valence-electron chi connectivity index (χ3n) is 2.28. The molecule has 0 aliphatic rings. The van der Waals surface area contributed by atoms with Crippen molar-refractivity contribution in [3.63, 3.8) is 0 Å². The summed E-state index contributed by atoms with van der Waals surface area (Å²) in [7, 11) is 0. The zero-order valence-corrected chi connectivity index (χ0v) is 9.93. The number of phenols is 1. The summed E-state index contributed by atoms with van der Waals surface area (Å²) in [5, 5.41) is 18.4. The molecule has 0 aliphatic carbocycles. The Balaban J connectivity index is 2.97. The van der Waals surface area contributed by atoms with Crippen LogP contribution in [0, 0.1) is 0 Å². The second kappa shape index (κ2) is 5.50. The van der Waals surface area contributed by atoms with Crippen molar-refractivity contribution in [1.29, 1.82) is 0 Å². The maximum atomic E-state index is 11.0. The van der Waals surface area contributed by atoms with Gasteiger partial charge in [-0.05, 0) is 37.6 Å². The second-order valence-corrected chi connectivity index (χ2v) is 3.99. The van der Waals surface area contributed by atoms with Crippen molar-refractivity contribution in [2.75, 3.05) is 6.61 Å². The molecule has 4 nitrogen and oxygen atoms in total. The molecule has 1 atom stereocenters. The molecule has 0 saturated heterocycles. The van der Waals surface area contributed by atoms with Gasteiger partial charge in [0.2, 0.25) is 0 Å². The van der Waals surface area contributed by atoms with Crippen molar-refractivity contribution in [3.8, 4) is 5.75 Å². The van der Waals surface area contributed by atoms with E-state index in [0.717, 1.165) is 5.57 Å². The Bertz CT molecular complexity index is 437. The second-order valence-electron chi connectivity index (χ2n) is 3.99. The van der Waals surface area contributed by atoms with Crippen molar-refractivity contribution in [1.82, 2.24) is 0 Å². The van der Waals surface area contributed by atoms with E-state index in [1.165, 1.54) is 18.2 Å². The quantitative estimate of drug-likeness (QED) is 0.771. The van der Waals surface area contributed by atoms with E-state index in [1.807, 2.05) is 6.92 Å². The maximum absolute atomic E-state index is 11.0. The van der Waals surface area contributed by atoms with E-state index >= 15 is 0 Å². The number of benzene rings is 1. The van der Waals surface area contributed by atoms with E-state index in [2.05, 4.69) is 6.58 Å². The summed E-state index contributed by atoms with van der Waals surface area (Å²) in [6, 6.07) is 4.12. The fourth-order valence-electron chi connectivity index (χ4n) is 1.44. The number of carboxylic acid groups (broad SMARTS) is 1. The standard InChI is InChI=1S/C13H16O4/c1-8(2)7-17-9(3)12-6-10(14)4-5-11(12)13(15)16/h4-6,9,14H,1,7H2,2-3H3,(H,15,16). The summed E-state index contributed by atoms with van der Waals surface area (Å²) in [5.41, 5.74) is 1.45. The SMILES string of the molecule is C=C(C)COC(C)c1cc(O)ccc1C(=O)O.